The van der Waals surface area contributed by atoms with Crippen molar-refractivity contribution in [1.82, 2.24) is 0 Å². The summed E-state index contributed by atoms with van der Waals surface area (Å²) < 4.78 is 11.3. The number of benzene rings is 1. The third-order valence-electron chi connectivity index (χ3n) is 6.34. The Bertz CT molecular complexity index is 790. The fraction of sp³-hybridized carbons (Fsp3) is 0.611. The van der Waals surface area contributed by atoms with E-state index < -0.39 is 38.9 Å². The van der Waals surface area contributed by atoms with Crippen LogP contribution in [0.25, 0.3) is 0 Å². The Labute approximate surface area is 155 Å². The van der Waals surface area contributed by atoms with Gasteiger partial charge in [-0.05, 0) is 37.0 Å². The Hall–Kier alpha value is -2.55. The average Bonchev–Trinajstić information content (AvgIpc) is 3.13. The second-order valence-corrected chi connectivity index (χ2v) is 8.14. The van der Waals surface area contributed by atoms with Crippen LogP contribution in [0.5, 0.6) is 0 Å². The van der Waals surface area contributed by atoms with E-state index in [1.165, 1.54) is 0 Å². The lowest BCUT2D eigenvalue weighted by molar-refractivity contribution is -0.394. The second kappa shape index (κ2) is 6.26. The van der Waals surface area contributed by atoms with Crippen LogP contribution in [0.3, 0.4) is 0 Å². The van der Waals surface area contributed by atoms with E-state index in [2.05, 4.69) is 13.8 Å². The number of nitrogens with zero attached hydrogens (tertiary/aromatic N) is 2. The third kappa shape index (κ3) is 3.27. The monoisotopic (exact) mass is 378 g/mol. The number of hydrogen-bond acceptors (Lipinski definition) is 7. The van der Waals surface area contributed by atoms with E-state index in [9.17, 15) is 25.0 Å². The van der Waals surface area contributed by atoms with Crippen LogP contribution in [0.15, 0.2) is 18.2 Å². The molecule has 2 saturated carbocycles. The lowest BCUT2D eigenvalue weighted by atomic mass is 9.83. The van der Waals surface area contributed by atoms with Gasteiger partial charge in [0.2, 0.25) is 0 Å². The molecule has 27 heavy (non-hydrogen) atoms. The Kier molecular flexibility index (Phi) is 4.46. The molecule has 9 heteroatoms. The van der Waals surface area contributed by atoms with Crippen LogP contribution in [0.2, 0.25) is 0 Å². The highest BCUT2D eigenvalue weighted by molar-refractivity contribution is 5.91. The van der Waals surface area contributed by atoms with Gasteiger partial charge in [0.05, 0.1) is 21.5 Å². The Balaban J connectivity index is 1.86. The fourth-order valence-corrected chi connectivity index (χ4v) is 4.29. The number of non-ortho nitro benzene ring substituents is 2. The maximum atomic E-state index is 12.6. The molecule has 0 spiro atoms. The number of esters is 1. The molecule has 2 aliphatic carbocycles. The predicted octanol–water partition coefficient (Wildman–Crippen LogP) is 3.50. The van der Waals surface area contributed by atoms with Gasteiger partial charge in [0.1, 0.15) is 11.7 Å². The summed E-state index contributed by atoms with van der Waals surface area (Å²) in [5.41, 5.74) is -1.79. The molecule has 0 heterocycles. The van der Waals surface area contributed by atoms with Gasteiger partial charge in [-0.15, -0.1) is 0 Å². The number of carbonyl (C=O) groups excluding carboxylic acids is 1. The van der Waals surface area contributed by atoms with E-state index in [1.54, 1.807) is 7.11 Å². The maximum Gasteiger partial charge on any atom is 0.339 e. The molecule has 0 N–H and O–H groups in total. The molecule has 0 bridgehead atoms. The topological polar surface area (TPSA) is 122 Å². The van der Waals surface area contributed by atoms with Gasteiger partial charge in [-0.1, -0.05) is 13.8 Å². The molecule has 0 radical (unpaired) electrons. The molecular formula is C18H22N2O7. The van der Waals surface area contributed by atoms with Gasteiger partial charge in [-0.25, -0.2) is 4.79 Å². The first kappa shape index (κ1) is 19.2. The van der Waals surface area contributed by atoms with E-state index in [1.807, 2.05) is 6.92 Å². The normalized spacial score (nSPS) is 30.9. The molecule has 0 amide bonds. The van der Waals surface area contributed by atoms with Crippen molar-refractivity contribution >= 4 is 17.3 Å². The quantitative estimate of drug-likeness (QED) is 0.436. The number of hydrogen-bond donors (Lipinski definition) is 0. The molecule has 2 fully saturated rings. The van der Waals surface area contributed by atoms with Crippen molar-refractivity contribution in [2.24, 2.45) is 17.3 Å². The van der Waals surface area contributed by atoms with Crippen LogP contribution in [0.1, 0.15) is 44.0 Å². The summed E-state index contributed by atoms with van der Waals surface area (Å²) in [6.07, 6.45) is 0.843. The van der Waals surface area contributed by atoms with Crippen LogP contribution in [-0.2, 0) is 9.47 Å². The lowest BCUT2D eigenvalue weighted by Gasteiger charge is -2.39. The standard InChI is InChI=1S/C18H22N2O7/c1-17(2)13-8-15(18(3,26-4)9-14(13)17)27-16(21)10-5-11(19(22)23)7-12(6-10)20(24)25/h5-7,13-15H,8-9H2,1-4H3/t13-,14-,15+,18-/m1/s1. The Morgan fingerprint density at radius 1 is 1.07 bits per heavy atom. The van der Waals surface area contributed by atoms with E-state index >= 15 is 0 Å². The van der Waals surface area contributed by atoms with Gasteiger partial charge in [0.15, 0.2) is 0 Å². The van der Waals surface area contributed by atoms with Crippen LogP contribution in [-0.4, -0.2) is 34.6 Å². The molecule has 2 aliphatic rings. The molecule has 0 aromatic heterocycles. The van der Waals surface area contributed by atoms with Crippen LogP contribution >= 0.6 is 0 Å². The Morgan fingerprint density at radius 2 is 1.63 bits per heavy atom. The van der Waals surface area contributed by atoms with Crippen molar-refractivity contribution in [1.29, 1.82) is 0 Å². The number of carbonyl (C=O) groups is 1. The molecule has 1 aromatic carbocycles. The summed E-state index contributed by atoms with van der Waals surface area (Å²) in [6.45, 7) is 6.23. The van der Waals surface area contributed by atoms with Gasteiger partial charge < -0.3 is 9.47 Å². The van der Waals surface area contributed by atoms with Gasteiger partial charge in [0, 0.05) is 19.2 Å². The first-order valence-electron chi connectivity index (χ1n) is 8.69. The number of fused-ring (bicyclic) bond motifs is 1. The molecule has 3 rings (SSSR count). The summed E-state index contributed by atoms with van der Waals surface area (Å²) in [7, 11) is 1.56. The third-order valence-corrected chi connectivity index (χ3v) is 6.34. The minimum atomic E-state index is -0.827. The van der Waals surface area contributed by atoms with Gasteiger partial charge in [-0.2, -0.15) is 0 Å². The van der Waals surface area contributed by atoms with Crippen molar-refractivity contribution < 1.29 is 24.1 Å². The molecule has 4 atom stereocenters. The highest BCUT2D eigenvalue weighted by Crippen LogP contribution is 2.67. The smallest absolute Gasteiger partial charge is 0.339 e. The lowest BCUT2D eigenvalue weighted by Crippen LogP contribution is -2.47. The summed E-state index contributed by atoms with van der Waals surface area (Å²) in [4.78, 5) is 33.1. The van der Waals surface area contributed by atoms with E-state index in [0.717, 1.165) is 24.6 Å². The molecule has 0 aliphatic heterocycles. The van der Waals surface area contributed by atoms with Gasteiger partial charge in [0.25, 0.3) is 11.4 Å². The summed E-state index contributed by atoms with van der Waals surface area (Å²) in [5, 5.41) is 22.0. The molecule has 146 valence electrons. The number of nitro benzene ring substituents is 2. The molecule has 9 nitrogen and oxygen atoms in total. The van der Waals surface area contributed by atoms with E-state index in [-0.39, 0.29) is 11.0 Å². The van der Waals surface area contributed by atoms with Crippen molar-refractivity contribution in [3.8, 4) is 0 Å². The van der Waals surface area contributed by atoms with Crippen LogP contribution in [0.4, 0.5) is 11.4 Å². The summed E-state index contributed by atoms with van der Waals surface area (Å²) in [6, 6.07) is 2.80. The number of methoxy groups -OCH3 is 1. The molecule has 0 unspecified atom stereocenters. The summed E-state index contributed by atoms with van der Waals surface area (Å²) in [5.74, 6) is 0.0845. The fourth-order valence-electron chi connectivity index (χ4n) is 4.29. The van der Waals surface area contributed by atoms with Crippen molar-refractivity contribution in [3.63, 3.8) is 0 Å². The minimum Gasteiger partial charge on any atom is -0.456 e. The number of ether oxygens (including phenoxy) is 2. The molecular weight excluding hydrogens is 356 g/mol. The first-order valence-corrected chi connectivity index (χ1v) is 8.69. The highest BCUT2D eigenvalue weighted by atomic mass is 16.6. The summed E-state index contributed by atoms with van der Waals surface area (Å²) >= 11 is 0. The van der Waals surface area contributed by atoms with Gasteiger partial charge in [-0.3, -0.25) is 20.2 Å². The van der Waals surface area contributed by atoms with Crippen LogP contribution in [0, 0.1) is 37.5 Å². The van der Waals surface area contributed by atoms with Crippen molar-refractivity contribution in [2.75, 3.05) is 7.11 Å². The van der Waals surface area contributed by atoms with Crippen LogP contribution < -0.4 is 0 Å². The molecule has 1 aromatic rings. The average molecular weight is 378 g/mol. The number of nitro groups is 2. The highest BCUT2D eigenvalue weighted by Gasteiger charge is 2.65. The van der Waals surface area contributed by atoms with Crippen molar-refractivity contribution in [3.05, 3.63) is 44.0 Å². The molecule has 0 saturated heterocycles. The van der Waals surface area contributed by atoms with E-state index in [4.69, 9.17) is 9.47 Å². The zero-order valence-corrected chi connectivity index (χ0v) is 15.6. The zero-order valence-electron chi connectivity index (χ0n) is 15.6. The SMILES string of the molecule is CO[C@]1(C)C[C@@H]2[C@@H](C[C@@H]1OC(=O)c1cc([N+](=O)[O-])cc([N+](=O)[O-])c1)C2(C)C. The zero-order chi connectivity index (χ0) is 20.1. The number of rotatable bonds is 5. The maximum absolute atomic E-state index is 12.6. The Morgan fingerprint density at radius 3 is 2.11 bits per heavy atom. The predicted molar refractivity (Wildman–Crippen MR) is 94.4 cm³/mol. The largest absolute Gasteiger partial charge is 0.456 e. The second-order valence-electron chi connectivity index (χ2n) is 8.14. The minimum absolute atomic E-state index is 0.158. The van der Waals surface area contributed by atoms with Crippen molar-refractivity contribution in [2.45, 2.75) is 45.3 Å². The van der Waals surface area contributed by atoms with E-state index in [0.29, 0.717) is 18.3 Å². The first-order chi connectivity index (χ1) is 12.5. The van der Waals surface area contributed by atoms with Gasteiger partial charge >= 0.3 is 5.97 Å².